The summed E-state index contributed by atoms with van der Waals surface area (Å²) in [5.74, 6) is -0.837. The molecule has 0 saturated carbocycles. The Kier molecular flexibility index (Phi) is 6.79. The van der Waals surface area contributed by atoms with E-state index in [1.54, 1.807) is 30.3 Å². The van der Waals surface area contributed by atoms with Gasteiger partial charge in [-0.15, -0.1) is 0 Å². The Morgan fingerprint density at radius 2 is 1.93 bits per heavy atom. The lowest BCUT2D eigenvalue weighted by Crippen LogP contribution is -2.50. The minimum Gasteiger partial charge on any atom is -0.494 e. The number of ether oxygens (including phenoxy) is 2. The van der Waals surface area contributed by atoms with Crippen LogP contribution >= 0.6 is 0 Å². The summed E-state index contributed by atoms with van der Waals surface area (Å²) in [4.78, 5) is 35.4. The Balaban J connectivity index is 1.79. The van der Waals surface area contributed by atoms with E-state index in [0.29, 0.717) is 28.9 Å². The van der Waals surface area contributed by atoms with E-state index in [2.05, 4.69) is 10.6 Å². The molecule has 2 amide bonds. The van der Waals surface area contributed by atoms with Crippen LogP contribution in [-0.4, -0.2) is 30.7 Å². The van der Waals surface area contributed by atoms with Crippen LogP contribution < -0.4 is 20.1 Å². The Bertz CT molecular complexity index is 976. The monoisotopic (exact) mass is 414 g/mol. The summed E-state index contributed by atoms with van der Waals surface area (Å²) < 4.78 is 25.2. The van der Waals surface area contributed by atoms with Crippen LogP contribution in [0, 0.1) is 5.82 Å². The van der Waals surface area contributed by atoms with Gasteiger partial charge in [0.25, 0.3) is 0 Å². The largest absolute Gasteiger partial charge is 0.494 e. The van der Waals surface area contributed by atoms with E-state index in [0.717, 1.165) is 0 Å². The van der Waals surface area contributed by atoms with Crippen LogP contribution in [0.1, 0.15) is 41.3 Å². The van der Waals surface area contributed by atoms with E-state index in [-0.39, 0.29) is 37.0 Å². The van der Waals surface area contributed by atoms with Gasteiger partial charge in [-0.05, 0) is 25.5 Å². The minimum absolute atomic E-state index is 0.0597. The fraction of sp³-hybridized carbons (Fsp3) is 0.318. The second-order valence-electron chi connectivity index (χ2n) is 6.95. The van der Waals surface area contributed by atoms with Crippen LogP contribution in [0.25, 0.3) is 0 Å². The molecule has 0 spiro atoms. The van der Waals surface area contributed by atoms with Gasteiger partial charge < -0.3 is 14.8 Å². The van der Waals surface area contributed by atoms with Gasteiger partial charge in [-0.3, -0.25) is 19.7 Å². The number of carbonyl (C=O) groups excluding carboxylic acids is 3. The van der Waals surface area contributed by atoms with Crippen molar-refractivity contribution in [2.45, 2.75) is 39.0 Å². The van der Waals surface area contributed by atoms with Crippen molar-refractivity contribution in [2.24, 2.45) is 0 Å². The van der Waals surface area contributed by atoms with Crippen molar-refractivity contribution in [1.82, 2.24) is 10.6 Å². The van der Waals surface area contributed by atoms with Gasteiger partial charge in [0.2, 0.25) is 11.8 Å². The number of carbonyl (C=O) groups is 3. The number of amides is 2. The van der Waals surface area contributed by atoms with Gasteiger partial charge in [0.15, 0.2) is 17.3 Å². The molecule has 1 aliphatic heterocycles. The number of halogens is 1. The van der Waals surface area contributed by atoms with Gasteiger partial charge in [0.05, 0.1) is 13.2 Å². The maximum atomic E-state index is 14.4. The van der Waals surface area contributed by atoms with Gasteiger partial charge in [-0.2, -0.15) is 0 Å². The number of ketones is 1. The molecule has 0 bridgehead atoms. The first-order valence-corrected chi connectivity index (χ1v) is 9.54. The Morgan fingerprint density at radius 1 is 1.20 bits per heavy atom. The SMILES string of the molecule is COc1cccc(COc2cccc(C(C)=O)c2CNC2CCC(=O)NC2=O)c1F. The third kappa shape index (κ3) is 4.83. The summed E-state index contributed by atoms with van der Waals surface area (Å²) in [6, 6.07) is 9.26. The van der Waals surface area contributed by atoms with Crippen LogP contribution in [0.3, 0.4) is 0 Å². The molecule has 8 heteroatoms. The molecule has 2 aromatic rings. The highest BCUT2D eigenvalue weighted by atomic mass is 19.1. The lowest BCUT2D eigenvalue weighted by atomic mass is 10.0. The lowest BCUT2D eigenvalue weighted by Gasteiger charge is -2.23. The molecule has 0 radical (unpaired) electrons. The summed E-state index contributed by atoms with van der Waals surface area (Å²) in [5.41, 5.74) is 1.32. The molecule has 1 aliphatic rings. The predicted octanol–water partition coefficient (Wildman–Crippen LogP) is 2.51. The molecule has 1 saturated heterocycles. The topological polar surface area (TPSA) is 93.7 Å². The van der Waals surface area contributed by atoms with E-state index in [1.165, 1.54) is 20.1 Å². The summed E-state index contributed by atoms with van der Waals surface area (Å²) in [7, 11) is 1.39. The zero-order valence-corrected chi connectivity index (χ0v) is 16.8. The number of hydrogen-bond donors (Lipinski definition) is 2. The first-order valence-electron chi connectivity index (χ1n) is 9.54. The average molecular weight is 414 g/mol. The second kappa shape index (κ2) is 9.49. The fourth-order valence-corrected chi connectivity index (χ4v) is 3.31. The van der Waals surface area contributed by atoms with E-state index < -0.39 is 17.8 Å². The maximum Gasteiger partial charge on any atom is 0.243 e. The van der Waals surface area contributed by atoms with Crippen molar-refractivity contribution in [1.29, 1.82) is 0 Å². The first kappa shape index (κ1) is 21.4. The van der Waals surface area contributed by atoms with Crippen LogP contribution in [0.15, 0.2) is 36.4 Å². The van der Waals surface area contributed by atoms with Crippen LogP contribution in [0.4, 0.5) is 4.39 Å². The van der Waals surface area contributed by atoms with Gasteiger partial charge >= 0.3 is 0 Å². The van der Waals surface area contributed by atoms with Crippen molar-refractivity contribution >= 4 is 17.6 Å². The molecule has 0 aromatic heterocycles. The lowest BCUT2D eigenvalue weighted by molar-refractivity contribution is -0.134. The van der Waals surface area contributed by atoms with Crippen LogP contribution in [0.5, 0.6) is 11.5 Å². The third-order valence-corrected chi connectivity index (χ3v) is 4.92. The van der Waals surface area contributed by atoms with Crippen molar-refractivity contribution in [3.8, 4) is 11.5 Å². The molecule has 1 fully saturated rings. The van der Waals surface area contributed by atoms with Crippen molar-refractivity contribution in [2.75, 3.05) is 7.11 Å². The molecule has 30 heavy (non-hydrogen) atoms. The summed E-state index contributed by atoms with van der Waals surface area (Å²) in [5, 5.41) is 5.37. The Hall–Kier alpha value is -3.26. The molecule has 2 aromatic carbocycles. The summed E-state index contributed by atoms with van der Waals surface area (Å²) in [6.45, 7) is 1.56. The highest BCUT2D eigenvalue weighted by Crippen LogP contribution is 2.26. The Morgan fingerprint density at radius 3 is 2.63 bits per heavy atom. The Labute approximate surface area is 173 Å². The highest BCUT2D eigenvalue weighted by molar-refractivity contribution is 6.00. The molecule has 1 heterocycles. The molecule has 7 nitrogen and oxygen atoms in total. The number of imide groups is 1. The fourth-order valence-electron chi connectivity index (χ4n) is 3.31. The standard InChI is InChI=1S/C22H23FN2O5/c1-13(26)15-6-4-7-18(30-12-14-5-3-8-19(29-2)21(14)23)16(15)11-24-17-9-10-20(27)25-22(17)28/h3-8,17,24H,9-12H2,1-2H3,(H,25,27,28). The zero-order valence-electron chi connectivity index (χ0n) is 16.8. The number of benzene rings is 2. The molecule has 2 N–H and O–H groups in total. The number of rotatable bonds is 8. The highest BCUT2D eigenvalue weighted by Gasteiger charge is 2.26. The predicted molar refractivity (Wildman–Crippen MR) is 107 cm³/mol. The molecular weight excluding hydrogens is 391 g/mol. The van der Waals surface area contributed by atoms with Crippen molar-refractivity contribution in [3.05, 3.63) is 58.9 Å². The number of Topliss-reactive ketones (excluding diaryl/α,β-unsaturated/α-hetero) is 1. The molecule has 1 unspecified atom stereocenters. The maximum absolute atomic E-state index is 14.4. The van der Waals surface area contributed by atoms with Crippen molar-refractivity contribution in [3.63, 3.8) is 0 Å². The number of hydrogen-bond acceptors (Lipinski definition) is 6. The van der Waals surface area contributed by atoms with Gasteiger partial charge in [0.1, 0.15) is 12.4 Å². The molecule has 0 aliphatic carbocycles. The minimum atomic E-state index is -0.550. The van der Waals surface area contributed by atoms with E-state index in [1.807, 2.05) is 0 Å². The number of nitrogens with one attached hydrogen (secondary N) is 2. The number of piperidine rings is 1. The van der Waals surface area contributed by atoms with Gasteiger partial charge in [-0.1, -0.05) is 24.3 Å². The van der Waals surface area contributed by atoms with Crippen LogP contribution in [-0.2, 0) is 22.7 Å². The molecule has 3 rings (SSSR count). The molecule has 1 atom stereocenters. The second-order valence-corrected chi connectivity index (χ2v) is 6.95. The van der Waals surface area contributed by atoms with E-state index in [9.17, 15) is 18.8 Å². The quantitative estimate of drug-likeness (QED) is 0.509. The average Bonchev–Trinajstić information content (AvgIpc) is 2.72. The summed E-state index contributed by atoms with van der Waals surface area (Å²) >= 11 is 0. The van der Waals surface area contributed by atoms with Crippen molar-refractivity contribution < 1.29 is 28.2 Å². The van der Waals surface area contributed by atoms with E-state index >= 15 is 0 Å². The van der Waals surface area contributed by atoms with Crippen LogP contribution in [0.2, 0.25) is 0 Å². The van der Waals surface area contributed by atoms with E-state index in [4.69, 9.17) is 9.47 Å². The smallest absolute Gasteiger partial charge is 0.243 e. The molecule has 158 valence electrons. The zero-order chi connectivity index (χ0) is 21.7. The third-order valence-electron chi connectivity index (χ3n) is 4.92. The first-order chi connectivity index (χ1) is 14.4. The number of methoxy groups -OCH3 is 1. The van der Waals surface area contributed by atoms with Gasteiger partial charge in [-0.25, -0.2) is 4.39 Å². The summed E-state index contributed by atoms with van der Waals surface area (Å²) in [6.07, 6.45) is 0.619. The normalized spacial score (nSPS) is 16.2. The molecular formula is C22H23FN2O5. The van der Waals surface area contributed by atoms with Gasteiger partial charge in [0, 0.05) is 29.7 Å².